The summed E-state index contributed by atoms with van der Waals surface area (Å²) in [7, 11) is 1.55. The van der Waals surface area contributed by atoms with Gasteiger partial charge in [-0.05, 0) is 11.0 Å². The van der Waals surface area contributed by atoms with Crippen LogP contribution >= 0.6 is 0 Å². The summed E-state index contributed by atoms with van der Waals surface area (Å²) in [5.41, 5.74) is 0.572. The Hall–Kier alpha value is -2.22. The topological polar surface area (TPSA) is 110 Å². The highest BCUT2D eigenvalue weighted by Crippen LogP contribution is 2.05. The molecule has 0 aliphatic heterocycles. The van der Waals surface area contributed by atoms with Crippen molar-refractivity contribution < 1.29 is 14.5 Å². The summed E-state index contributed by atoms with van der Waals surface area (Å²) in [6.07, 6.45) is 4.70. The molecule has 0 saturated heterocycles. The first-order chi connectivity index (χ1) is 8.63. The Bertz CT molecular complexity index is 441. The Morgan fingerprint density at radius 3 is 3.11 bits per heavy atom. The van der Waals surface area contributed by atoms with Crippen molar-refractivity contribution in [2.24, 2.45) is 0 Å². The van der Waals surface area contributed by atoms with Gasteiger partial charge in [0.2, 0.25) is 5.91 Å². The van der Waals surface area contributed by atoms with Crippen molar-refractivity contribution >= 4 is 11.9 Å². The van der Waals surface area contributed by atoms with Crippen molar-refractivity contribution in [3.05, 3.63) is 34.2 Å². The fraction of sp³-hybridized carbons (Fsp3) is 0.400. The number of carbonyl (C=O) groups is 1. The summed E-state index contributed by atoms with van der Waals surface area (Å²) in [6.45, 7) is 0.890. The lowest BCUT2D eigenvalue weighted by Crippen LogP contribution is -2.24. The third kappa shape index (κ3) is 4.74. The van der Waals surface area contributed by atoms with Crippen LogP contribution in [0.4, 0.5) is 5.95 Å². The van der Waals surface area contributed by atoms with Crippen molar-refractivity contribution in [1.29, 1.82) is 0 Å². The number of H-pyrrole nitrogens is 1. The van der Waals surface area contributed by atoms with Gasteiger partial charge in [0, 0.05) is 20.1 Å². The molecule has 0 aliphatic rings. The number of nitro groups is 1. The molecule has 0 radical (unpaired) electrons. The van der Waals surface area contributed by atoms with E-state index in [4.69, 9.17) is 4.74 Å². The average molecular weight is 254 g/mol. The quantitative estimate of drug-likeness (QED) is 0.312. The molecular weight excluding hydrogens is 240 g/mol. The van der Waals surface area contributed by atoms with Gasteiger partial charge in [0.05, 0.1) is 6.61 Å². The van der Waals surface area contributed by atoms with Crippen LogP contribution in [0, 0.1) is 10.1 Å². The smallest absolute Gasteiger partial charge is 0.390 e. The molecule has 8 nitrogen and oxygen atoms in total. The molecule has 1 aromatic rings. The molecule has 98 valence electrons. The molecule has 0 fully saturated rings. The molecule has 1 heterocycles. The zero-order chi connectivity index (χ0) is 13.4. The number of carbonyl (C=O) groups excluding carboxylic acids is 1. The second-order valence-corrected chi connectivity index (χ2v) is 3.38. The van der Waals surface area contributed by atoms with Crippen molar-refractivity contribution in [1.82, 2.24) is 15.3 Å². The van der Waals surface area contributed by atoms with E-state index in [0.29, 0.717) is 25.3 Å². The fourth-order valence-electron chi connectivity index (χ4n) is 1.17. The maximum absolute atomic E-state index is 11.2. The molecular formula is C10H14N4O4. The van der Waals surface area contributed by atoms with Gasteiger partial charge in [0.25, 0.3) is 0 Å². The normalized spacial score (nSPS) is 10.7. The van der Waals surface area contributed by atoms with E-state index in [1.54, 1.807) is 13.2 Å². The summed E-state index contributed by atoms with van der Waals surface area (Å²) in [5, 5.41) is 13.0. The van der Waals surface area contributed by atoms with Crippen LogP contribution in [-0.2, 0) is 16.0 Å². The maximum Gasteiger partial charge on any atom is 0.432 e. The lowest BCUT2D eigenvalue weighted by atomic mass is 10.3. The van der Waals surface area contributed by atoms with Crippen molar-refractivity contribution in [3.63, 3.8) is 0 Å². The molecule has 0 saturated carbocycles. The van der Waals surface area contributed by atoms with E-state index in [9.17, 15) is 14.9 Å². The molecule has 0 unspecified atom stereocenters. The van der Waals surface area contributed by atoms with Crippen molar-refractivity contribution in [2.75, 3.05) is 20.3 Å². The molecule has 0 aromatic carbocycles. The number of methoxy groups -OCH3 is 1. The van der Waals surface area contributed by atoms with Gasteiger partial charge < -0.3 is 20.2 Å². The largest absolute Gasteiger partial charge is 0.432 e. The maximum atomic E-state index is 11.2. The third-order valence-electron chi connectivity index (χ3n) is 2.00. The van der Waals surface area contributed by atoms with E-state index in [1.165, 1.54) is 12.3 Å². The minimum Gasteiger partial charge on any atom is -0.390 e. The van der Waals surface area contributed by atoms with Gasteiger partial charge in [-0.1, -0.05) is 11.1 Å². The second kappa shape index (κ2) is 7.17. The zero-order valence-corrected chi connectivity index (χ0v) is 9.88. The van der Waals surface area contributed by atoms with Gasteiger partial charge in [0.15, 0.2) is 0 Å². The van der Waals surface area contributed by atoms with E-state index in [0.717, 1.165) is 0 Å². The van der Waals surface area contributed by atoms with Gasteiger partial charge >= 0.3 is 5.95 Å². The molecule has 0 spiro atoms. The van der Waals surface area contributed by atoms with Crippen LogP contribution < -0.4 is 5.32 Å². The number of ether oxygens (including phenoxy) is 1. The number of hydrogen-bond acceptors (Lipinski definition) is 5. The van der Waals surface area contributed by atoms with E-state index in [-0.39, 0.29) is 11.9 Å². The van der Waals surface area contributed by atoms with E-state index in [2.05, 4.69) is 15.3 Å². The number of amides is 1. The number of aromatic nitrogens is 2. The third-order valence-corrected chi connectivity index (χ3v) is 2.00. The van der Waals surface area contributed by atoms with Crippen LogP contribution in [0.2, 0.25) is 0 Å². The first kappa shape index (κ1) is 13.8. The molecule has 0 atom stereocenters. The van der Waals surface area contributed by atoms with Crippen LogP contribution in [0.5, 0.6) is 0 Å². The average Bonchev–Trinajstić information content (AvgIpc) is 2.78. The fourth-order valence-corrected chi connectivity index (χ4v) is 1.17. The Morgan fingerprint density at radius 1 is 1.72 bits per heavy atom. The Morgan fingerprint density at radius 2 is 2.50 bits per heavy atom. The van der Waals surface area contributed by atoms with Gasteiger partial charge in [-0.3, -0.25) is 4.79 Å². The summed E-state index contributed by atoms with van der Waals surface area (Å²) in [5.74, 6) is -0.538. The Balaban J connectivity index is 2.34. The van der Waals surface area contributed by atoms with Crippen LogP contribution in [0.1, 0.15) is 5.69 Å². The molecule has 1 rings (SSSR count). The summed E-state index contributed by atoms with van der Waals surface area (Å²) in [6, 6.07) is 0. The molecule has 8 heteroatoms. The van der Waals surface area contributed by atoms with Gasteiger partial charge in [-0.25, -0.2) is 4.98 Å². The molecule has 18 heavy (non-hydrogen) atoms. The predicted octanol–water partition coefficient (Wildman–Crippen LogP) is 0.179. The lowest BCUT2D eigenvalue weighted by Gasteiger charge is -1.99. The van der Waals surface area contributed by atoms with Crippen LogP contribution in [0.25, 0.3) is 0 Å². The summed E-state index contributed by atoms with van der Waals surface area (Å²) in [4.78, 5) is 27.1. The molecule has 0 aliphatic carbocycles. The Labute approximate surface area is 103 Å². The molecule has 1 amide bonds. The van der Waals surface area contributed by atoms with E-state index in [1.807, 2.05) is 0 Å². The Kier molecular flexibility index (Phi) is 5.52. The predicted molar refractivity (Wildman–Crippen MR) is 63.0 cm³/mol. The van der Waals surface area contributed by atoms with Crippen LogP contribution in [-0.4, -0.2) is 41.1 Å². The lowest BCUT2D eigenvalue weighted by molar-refractivity contribution is -0.393. The summed E-state index contributed by atoms with van der Waals surface area (Å²) < 4.78 is 4.78. The zero-order valence-electron chi connectivity index (χ0n) is 9.88. The number of hydrogen-bond donors (Lipinski definition) is 2. The first-order valence-electron chi connectivity index (χ1n) is 5.25. The van der Waals surface area contributed by atoms with Gasteiger partial charge in [-0.2, -0.15) is 0 Å². The minimum absolute atomic E-state index is 0.235. The number of rotatable bonds is 7. The number of allylic oxidation sites excluding steroid dienone is 1. The number of nitrogens with zero attached hydrogens (tertiary/aromatic N) is 2. The molecule has 1 aromatic heterocycles. The highest BCUT2D eigenvalue weighted by Gasteiger charge is 2.09. The molecule has 2 N–H and O–H groups in total. The highest BCUT2D eigenvalue weighted by atomic mass is 16.6. The van der Waals surface area contributed by atoms with Crippen molar-refractivity contribution in [2.45, 2.75) is 6.42 Å². The number of imidazole rings is 1. The minimum atomic E-state index is -0.606. The SMILES string of the molecule is COCCNC(=O)/C=C/Cc1cnc([N+](=O)[O-])[nH]1. The van der Waals surface area contributed by atoms with Gasteiger partial charge in [-0.15, -0.1) is 0 Å². The van der Waals surface area contributed by atoms with E-state index >= 15 is 0 Å². The molecule has 0 bridgehead atoms. The first-order valence-corrected chi connectivity index (χ1v) is 5.25. The standard InChI is InChI=1S/C10H14N4O4/c1-18-6-5-11-9(15)4-2-3-8-7-12-10(13-8)14(16)17/h2,4,7H,3,5-6H2,1H3,(H,11,15)(H,12,13)/b4-2+. The van der Waals surface area contributed by atoms with Crippen LogP contribution in [0.3, 0.4) is 0 Å². The van der Waals surface area contributed by atoms with Crippen LogP contribution in [0.15, 0.2) is 18.3 Å². The summed E-state index contributed by atoms with van der Waals surface area (Å²) >= 11 is 0. The van der Waals surface area contributed by atoms with Crippen molar-refractivity contribution in [3.8, 4) is 0 Å². The highest BCUT2D eigenvalue weighted by molar-refractivity contribution is 5.87. The van der Waals surface area contributed by atoms with E-state index < -0.39 is 4.92 Å². The second-order valence-electron chi connectivity index (χ2n) is 3.38. The monoisotopic (exact) mass is 254 g/mol. The van der Waals surface area contributed by atoms with Gasteiger partial charge in [0.1, 0.15) is 11.9 Å². The number of nitrogens with one attached hydrogen (secondary N) is 2. The number of aromatic amines is 1.